The van der Waals surface area contributed by atoms with Crippen molar-refractivity contribution in [1.82, 2.24) is 14.1 Å². The second-order valence-corrected chi connectivity index (χ2v) is 5.43. The summed E-state index contributed by atoms with van der Waals surface area (Å²) in [6, 6.07) is 0. The number of nitrogens with one attached hydrogen (secondary N) is 1. The molecule has 0 aliphatic carbocycles. The molecule has 1 N–H and O–H groups in total. The molecule has 6 nitrogen and oxygen atoms in total. The number of aromatic nitrogens is 3. The summed E-state index contributed by atoms with van der Waals surface area (Å²) in [4.78, 5) is 28.4. The average molecular weight is 298 g/mol. The van der Waals surface area contributed by atoms with Gasteiger partial charge < -0.3 is 5.32 Å². The fraction of sp³-hybridized carbons (Fsp3) is 0.615. The number of thioether (sulfide) groups is 1. The van der Waals surface area contributed by atoms with E-state index in [1.54, 1.807) is 17.8 Å². The number of hydrogen-bond acceptors (Lipinski definition) is 5. The van der Waals surface area contributed by atoms with Crippen LogP contribution in [0, 0.1) is 0 Å². The molecule has 0 aliphatic heterocycles. The molecule has 112 valence electrons. The lowest BCUT2D eigenvalue weighted by atomic mass is 10.3. The van der Waals surface area contributed by atoms with Gasteiger partial charge in [-0.05, 0) is 19.6 Å². The number of rotatable bonds is 8. The topological polar surface area (TPSA) is 68.9 Å². The molecule has 0 radical (unpaired) electrons. The quantitative estimate of drug-likeness (QED) is 0.730. The highest BCUT2D eigenvalue weighted by Crippen LogP contribution is 2.11. The third-order valence-corrected chi connectivity index (χ3v) is 4.19. The molecule has 0 fully saturated rings. The molecular formula is C13H22N4O2S. The summed E-state index contributed by atoms with van der Waals surface area (Å²) in [7, 11) is 0. The van der Waals surface area contributed by atoms with Gasteiger partial charge in [0, 0.05) is 24.9 Å². The van der Waals surface area contributed by atoms with Gasteiger partial charge in [-0.2, -0.15) is 16.7 Å². The van der Waals surface area contributed by atoms with E-state index in [0.717, 1.165) is 6.42 Å². The maximum Gasteiger partial charge on any atom is 0.354 e. The third kappa shape index (κ3) is 3.75. The molecule has 1 atom stereocenters. The van der Waals surface area contributed by atoms with Gasteiger partial charge in [-0.1, -0.05) is 13.0 Å². The minimum absolute atomic E-state index is 0.236. The van der Waals surface area contributed by atoms with Crippen molar-refractivity contribution in [1.29, 1.82) is 0 Å². The highest BCUT2D eigenvalue weighted by atomic mass is 32.2. The molecule has 20 heavy (non-hydrogen) atoms. The molecule has 1 rings (SSSR count). The molecule has 0 aromatic carbocycles. The maximum atomic E-state index is 12.4. The first-order chi connectivity index (χ1) is 9.58. The van der Waals surface area contributed by atoms with Crippen molar-refractivity contribution in [3.05, 3.63) is 33.6 Å². The molecular weight excluding hydrogens is 276 g/mol. The van der Waals surface area contributed by atoms with E-state index in [-0.39, 0.29) is 10.9 Å². The summed E-state index contributed by atoms with van der Waals surface area (Å²) in [6.45, 7) is 8.79. The molecule has 0 amide bonds. The van der Waals surface area contributed by atoms with Gasteiger partial charge in [0.15, 0.2) is 0 Å². The molecule has 1 aromatic rings. The minimum atomic E-state index is -0.501. The zero-order valence-corrected chi connectivity index (χ0v) is 13.1. The highest BCUT2D eigenvalue weighted by Gasteiger charge is 2.14. The Labute approximate surface area is 122 Å². The maximum absolute atomic E-state index is 12.4. The molecule has 0 spiro atoms. The summed E-state index contributed by atoms with van der Waals surface area (Å²) >= 11 is 1.65. The van der Waals surface area contributed by atoms with E-state index < -0.39 is 5.69 Å². The van der Waals surface area contributed by atoms with Crippen LogP contribution in [-0.4, -0.2) is 32.2 Å². The van der Waals surface area contributed by atoms with Gasteiger partial charge >= 0.3 is 11.4 Å². The Morgan fingerprint density at radius 3 is 2.60 bits per heavy atom. The van der Waals surface area contributed by atoms with Crippen molar-refractivity contribution < 1.29 is 0 Å². The van der Waals surface area contributed by atoms with E-state index in [9.17, 15) is 9.59 Å². The fourth-order valence-electron chi connectivity index (χ4n) is 1.84. The Hall–Kier alpha value is -1.50. The zero-order chi connectivity index (χ0) is 15.1. The van der Waals surface area contributed by atoms with E-state index >= 15 is 0 Å². The molecule has 1 aromatic heterocycles. The van der Waals surface area contributed by atoms with Gasteiger partial charge in [-0.25, -0.2) is 14.2 Å². The summed E-state index contributed by atoms with van der Waals surface area (Å²) in [5, 5.41) is 3.15. The van der Waals surface area contributed by atoms with E-state index in [1.165, 1.54) is 9.13 Å². The van der Waals surface area contributed by atoms with Crippen LogP contribution in [0.25, 0.3) is 0 Å². The molecule has 1 unspecified atom stereocenters. The van der Waals surface area contributed by atoms with Crippen LogP contribution in [0.1, 0.15) is 20.3 Å². The molecule has 1 heterocycles. The summed E-state index contributed by atoms with van der Waals surface area (Å²) in [6.07, 6.45) is 4.53. The van der Waals surface area contributed by atoms with Crippen LogP contribution in [0.3, 0.4) is 0 Å². The predicted octanol–water partition coefficient (Wildman–Crippen LogP) is 1.16. The van der Waals surface area contributed by atoms with E-state index in [4.69, 9.17) is 0 Å². The minimum Gasteiger partial charge on any atom is -0.352 e. The largest absolute Gasteiger partial charge is 0.354 e. The first-order valence-electron chi connectivity index (χ1n) is 6.68. The van der Waals surface area contributed by atoms with Gasteiger partial charge in [0.05, 0.1) is 0 Å². The van der Waals surface area contributed by atoms with E-state index in [2.05, 4.69) is 16.9 Å². The van der Waals surface area contributed by atoms with E-state index in [1.807, 2.05) is 20.1 Å². The van der Waals surface area contributed by atoms with Gasteiger partial charge in [0.1, 0.15) is 0 Å². The second-order valence-electron chi connectivity index (χ2n) is 4.29. The van der Waals surface area contributed by atoms with Crippen LogP contribution in [-0.2, 0) is 13.1 Å². The standard InChI is InChI=1S/C13H22N4O2S/c1-5-8-14-11-15-12(18)17(9-10(6-2)20-4)13(19)16(11)7-3/h5,10H,1,6-9H2,2-4H3,(H,14,15,18). The first kappa shape index (κ1) is 16.6. The average Bonchev–Trinajstić information content (AvgIpc) is 2.45. The fourth-order valence-corrected chi connectivity index (χ4v) is 2.47. The van der Waals surface area contributed by atoms with Gasteiger partial charge in [-0.15, -0.1) is 6.58 Å². The molecule has 0 saturated carbocycles. The van der Waals surface area contributed by atoms with Crippen LogP contribution in [0.2, 0.25) is 0 Å². The Kier molecular flexibility index (Phi) is 6.57. The number of nitrogens with zero attached hydrogens (tertiary/aromatic N) is 3. The summed E-state index contributed by atoms with van der Waals surface area (Å²) in [5.41, 5.74) is -0.815. The Bertz CT molecular complexity index is 560. The Morgan fingerprint density at radius 1 is 1.40 bits per heavy atom. The third-order valence-electron chi connectivity index (χ3n) is 3.05. The summed E-state index contributed by atoms with van der Waals surface area (Å²) in [5.74, 6) is 0.302. The molecule has 7 heteroatoms. The lowest BCUT2D eigenvalue weighted by Gasteiger charge is -2.16. The highest BCUT2D eigenvalue weighted by molar-refractivity contribution is 7.99. The second kappa shape index (κ2) is 7.94. The monoisotopic (exact) mass is 298 g/mol. The molecule has 0 bridgehead atoms. The number of anilines is 1. The van der Waals surface area contributed by atoms with Crippen molar-refractivity contribution in [3.63, 3.8) is 0 Å². The van der Waals surface area contributed by atoms with Gasteiger partial charge in [-0.3, -0.25) is 4.57 Å². The van der Waals surface area contributed by atoms with Crippen LogP contribution >= 0.6 is 11.8 Å². The van der Waals surface area contributed by atoms with Crippen molar-refractivity contribution in [2.45, 2.75) is 38.6 Å². The normalized spacial score (nSPS) is 12.2. The first-order valence-corrected chi connectivity index (χ1v) is 7.96. The zero-order valence-electron chi connectivity index (χ0n) is 12.3. The van der Waals surface area contributed by atoms with Crippen LogP contribution < -0.4 is 16.7 Å². The predicted molar refractivity (Wildman–Crippen MR) is 84.7 cm³/mol. The Balaban J connectivity index is 3.24. The van der Waals surface area contributed by atoms with Crippen LogP contribution in [0.5, 0.6) is 0 Å². The lowest BCUT2D eigenvalue weighted by molar-refractivity contribution is 0.531. The van der Waals surface area contributed by atoms with Gasteiger partial charge in [0.25, 0.3) is 0 Å². The summed E-state index contributed by atoms with van der Waals surface area (Å²) < 4.78 is 2.69. The van der Waals surface area contributed by atoms with Gasteiger partial charge in [0.2, 0.25) is 5.95 Å². The molecule has 0 aliphatic rings. The SMILES string of the molecule is C=CCNc1nc(=O)n(CC(CC)SC)c(=O)n1CC. The van der Waals surface area contributed by atoms with Crippen molar-refractivity contribution in [2.75, 3.05) is 18.1 Å². The van der Waals surface area contributed by atoms with Crippen molar-refractivity contribution in [3.8, 4) is 0 Å². The number of hydrogen-bond donors (Lipinski definition) is 1. The smallest absolute Gasteiger partial charge is 0.352 e. The Morgan fingerprint density at radius 2 is 2.10 bits per heavy atom. The van der Waals surface area contributed by atoms with Crippen molar-refractivity contribution in [2.24, 2.45) is 0 Å². The van der Waals surface area contributed by atoms with Crippen LogP contribution in [0.4, 0.5) is 5.95 Å². The van der Waals surface area contributed by atoms with Crippen LogP contribution in [0.15, 0.2) is 22.2 Å². The molecule has 0 saturated heterocycles. The lowest BCUT2D eigenvalue weighted by Crippen LogP contribution is -2.44. The van der Waals surface area contributed by atoms with E-state index in [0.29, 0.717) is 25.6 Å². The van der Waals surface area contributed by atoms with Crippen molar-refractivity contribution >= 4 is 17.7 Å².